The average molecular weight is 372 g/mol. The Bertz CT molecular complexity index is 868. The Morgan fingerprint density at radius 1 is 1.21 bits per heavy atom. The molecule has 0 unspecified atom stereocenters. The van der Waals surface area contributed by atoms with E-state index in [0.29, 0.717) is 5.56 Å². The molecule has 0 aliphatic heterocycles. The molecular formula is C16H15ClFNO4S. The maximum Gasteiger partial charge on any atom is 0.340 e. The Morgan fingerprint density at radius 2 is 1.92 bits per heavy atom. The highest BCUT2D eigenvalue weighted by Gasteiger charge is 2.21. The van der Waals surface area contributed by atoms with Crippen molar-refractivity contribution in [1.29, 1.82) is 0 Å². The van der Waals surface area contributed by atoms with Gasteiger partial charge >= 0.3 is 5.97 Å². The molecule has 0 aliphatic rings. The van der Waals surface area contributed by atoms with Crippen molar-refractivity contribution in [2.24, 2.45) is 0 Å². The molecule has 0 saturated carbocycles. The van der Waals surface area contributed by atoms with Gasteiger partial charge in [-0.1, -0.05) is 23.7 Å². The Morgan fingerprint density at radius 3 is 2.54 bits per heavy atom. The number of hydrogen-bond acceptors (Lipinski definition) is 4. The summed E-state index contributed by atoms with van der Waals surface area (Å²) in [5.74, 6) is -1.24. The molecule has 0 spiro atoms. The Balaban J connectivity index is 2.23. The fourth-order valence-electron chi connectivity index (χ4n) is 1.89. The number of carbonyl (C=O) groups is 1. The summed E-state index contributed by atoms with van der Waals surface area (Å²) in [5.41, 5.74) is 0.396. The largest absolute Gasteiger partial charge is 0.457 e. The molecule has 0 aliphatic carbocycles. The molecule has 0 amide bonds. The van der Waals surface area contributed by atoms with Crippen molar-refractivity contribution in [2.75, 3.05) is 14.1 Å². The van der Waals surface area contributed by atoms with Crippen LogP contribution in [0.15, 0.2) is 47.4 Å². The predicted molar refractivity (Wildman–Crippen MR) is 87.8 cm³/mol. The molecule has 0 saturated heterocycles. The van der Waals surface area contributed by atoms with Gasteiger partial charge in [0.2, 0.25) is 10.0 Å². The molecule has 0 bridgehead atoms. The molecular weight excluding hydrogens is 357 g/mol. The van der Waals surface area contributed by atoms with Crippen LogP contribution in [-0.2, 0) is 21.4 Å². The molecule has 0 N–H and O–H groups in total. The number of carbonyl (C=O) groups excluding carboxylic acids is 1. The van der Waals surface area contributed by atoms with Crippen LogP contribution in [0.3, 0.4) is 0 Å². The van der Waals surface area contributed by atoms with E-state index in [1.807, 2.05) is 0 Å². The predicted octanol–water partition coefficient (Wildman–Crippen LogP) is 3.09. The van der Waals surface area contributed by atoms with Gasteiger partial charge in [0.05, 0.1) is 15.5 Å². The molecule has 2 aromatic carbocycles. The first-order valence-electron chi connectivity index (χ1n) is 6.85. The van der Waals surface area contributed by atoms with Crippen molar-refractivity contribution in [3.05, 3.63) is 64.4 Å². The summed E-state index contributed by atoms with van der Waals surface area (Å²) < 4.78 is 43.5. The fourth-order valence-corrected chi connectivity index (χ4v) is 3.01. The van der Waals surface area contributed by atoms with Crippen molar-refractivity contribution in [1.82, 2.24) is 4.31 Å². The zero-order valence-corrected chi connectivity index (χ0v) is 14.6. The van der Waals surface area contributed by atoms with Gasteiger partial charge in [-0.2, -0.15) is 0 Å². The molecule has 0 aromatic heterocycles. The van der Waals surface area contributed by atoms with Gasteiger partial charge in [0.15, 0.2) is 0 Å². The van der Waals surface area contributed by atoms with E-state index in [1.165, 1.54) is 44.4 Å². The van der Waals surface area contributed by atoms with Crippen LogP contribution in [0.4, 0.5) is 4.39 Å². The lowest BCUT2D eigenvalue weighted by Crippen LogP contribution is -2.22. The number of rotatable bonds is 5. The number of nitrogens with zero attached hydrogens (tertiary/aromatic N) is 1. The van der Waals surface area contributed by atoms with Gasteiger partial charge in [-0.05, 0) is 35.9 Å². The quantitative estimate of drug-likeness (QED) is 0.758. The first-order valence-corrected chi connectivity index (χ1v) is 8.67. The van der Waals surface area contributed by atoms with E-state index in [0.717, 1.165) is 10.4 Å². The lowest BCUT2D eigenvalue weighted by Gasteiger charge is -2.13. The summed E-state index contributed by atoms with van der Waals surface area (Å²) in [6.45, 7) is -0.155. The molecule has 0 radical (unpaired) electrons. The maximum absolute atomic E-state index is 13.1. The van der Waals surface area contributed by atoms with Gasteiger partial charge in [-0.25, -0.2) is 21.9 Å². The van der Waals surface area contributed by atoms with Gasteiger partial charge in [0.1, 0.15) is 12.4 Å². The topological polar surface area (TPSA) is 63.7 Å². The minimum Gasteiger partial charge on any atom is -0.457 e. The smallest absolute Gasteiger partial charge is 0.340 e. The van der Waals surface area contributed by atoms with Gasteiger partial charge < -0.3 is 4.74 Å². The minimum absolute atomic E-state index is 0.0666. The van der Waals surface area contributed by atoms with Gasteiger partial charge in [0, 0.05) is 14.1 Å². The van der Waals surface area contributed by atoms with Gasteiger partial charge in [0.25, 0.3) is 0 Å². The SMILES string of the molecule is CN(C)S(=O)(=O)c1ccc(Cl)c(C(=O)OCc2cccc(F)c2)c1. The summed E-state index contributed by atoms with van der Waals surface area (Å²) >= 11 is 5.96. The summed E-state index contributed by atoms with van der Waals surface area (Å²) in [6, 6.07) is 9.39. The highest BCUT2D eigenvalue weighted by molar-refractivity contribution is 7.89. The Labute approximate surface area is 144 Å². The van der Waals surface area contributed by atoms with E-state index in [-0.39, 0.29) is 22.1 Å². The van der Waals surface area contributed by atoms with Crippen LogP contribution in [0.5, 0.6) is 0 Å². The number of halogens is 2. The Hall–Kier alpha value is -1.96. The second kappa shape index (κ2) is 7.29. The Kier molecular flexibility index (Phi) is 5.58. The minimum atomic E-state index is -3.71. The number of benzene rings is 2. The van der Waals surface area contributed by atoms with Crippen LogP contribution in [0.2, 0.25) is 5.02 Å². The van der Waals surface area contributed by atoms with Crippen LogP contribution in [0.25, 0.3) is 0 Å². The third kappa shape index (κ3) is 4.11. The van der Waals surface area contributed by atoms with Crippen molar-refractivity contribution in [3.63, 3.8) is 0 Å². The van der Waals surface area contributed by atoms with Crippen molar-refractivity contribution >= 4 is 27.6 Å². The third-order valence-corrected chi connectivity index (χ3v) is 5.34. The highest BCUT2D eigenvalue weighted by Crippen LogP contribution is 2.23. The van der Waals surface area contributed by atoms with E-state index < -0.39 is 21.8 Å². The normalized spacial score (nSPS) is 11.5. The van der Waals surface area contributed by atoms with Crippen LogP contribution >= 0.6 is 11.6 Å². The summed E-state index contributed by atoms with van der Waals surface area (Å²) in [6.07, 6.45) is 0. The molecule has 2 rings (SSSR count). The number of hydrogen-bond donors (Lipinski definition) is 0. The summed E-state index contributed by atoms with van der Waals surface area (Å²) in [7, 11) is -0.943. The maximum atomic E-state index is 13.1. The zero-order chi connectivity index (χ0) is 17.9. The molecule has 0 atom stereocenters. The molecule has 2 aromatic rings. The van der Waals surface area contributed by atoms with Crippen LogP contribution in [0, 0.1) is 5.82 Å². The van der Waals surface area contributed by atoms with E-state index >= 15 is 0 Å². The van der Waals surface area contributed by atoms with Gasteiger partial charge in [-0.15, -0.1) is 0 Å². The van der Waals surface area contributed by atoms with Crippen molar-refractivity contribution in [2.45, 2.75) is 11.5 Å². The summed E-state index contributed by atoms with van der Waals surface area (Å²) in [5, 5.41) is 0.0666. The second-order valence-corrected chi connectivity index (χ2v) is 7.69. The van der Waals surface area contributed by atoms with E-state index in [2.05, 4.69) is 0 Å². The van der Waals surface area contributed by atoms with E-state index in [9.17, 15) is 17.6 Å². The van der Waals surface area contributed by atoms with Crippen molar-refractivity contribution in [3.8, 4) is 0 Å². The average Bonchev–Trinajstić information content (AvgIpc) is 2.52. The monoisotopic (exact) mass is 371 g/mol. The lowest BCUT2D eigenvalue weighted by atomic mass is 10.2. The van der Waals surface area contributed by atoms with Gasteiger partial charge in [-0.3, -0.25) is 0 Å². The number of ether oxygens (including phenoxy) is 1. The first kappa shape index (κ1) is 18.4. The van der Waals surface area contributed by atoms with Crippen LogP contribution < -0.4 is 0 Å². The van der Waals surface area contributed by atoms with Crippen LogP contribution in [0.1, 0.15) is 15.9 Å². The first-order chi connectivity index (χ1) is 11.2. The third-order valence-electron chi connectivity index (χ3n) is 3.20. The lowest BCUT2D eigenvalue weighted by molar-refractivity contribution is 0.0472. The molecule has 0 fully saturated rings. The molecule has 8 heteroatoms. The molecule has 24 heavy (non-hydrogen) atoms. The molecule has 0 heterocycles. The highest BCUT2D eigenvalue weighted by atomic mass is 35.5. The second-order valence-electron chi connectivity index (χ2n) is 5.14. The standard InChI is InChI=1S/C16H15ClFNO4S/c1-19(2)24(21,22)13-6-7-15(17)14(9-13)16(20)23-10-11-4-3-5-12(18)8-11/h3-9H,10H2,1-2H3. The number of sulfonamides is 1. The van der Waals surface area contributed by atoms with Crippen LogP contribution in [-0.4, -0.2) is 32.8 Å². The molecule has 128 valence electrons. The summed E-state index contributed by atoms with van der Waals surface area (Å²) in [4.78, 5) is 12.1. The number of esters is 1. The van der Waals surface area contributed by atoms with E-state index in [4.69, 9.17) is 16.3 Å². The van der Waals surface area contributed by atoms with Crippen molar-refractivity contribution < 1.29 is 22.3 Å². The zero-order valence-electron chi connectivity index (χ0n) is 13.0. The van der Waals surface area contributed by atoms with E-state index in [1.54, 1.807) is 6.07 Å². The fraction of sp³-hybridized carbons (Fsp3) is 0.188. The molecule has 5 nitrogen and oxygen atoms in total.